The molecule has 1 aliphatic carbocycles. The van der Waals surface area contributed by atoms with Gasteiger partial charge >= 0.3 is 0 Å². The first-order valence-electron chi connectivity index (χ1n) is 10.1. The molecule has 7 heteroatoms. The van der Waals surface area contributed by atoms with Gasteiger partial charge in [0.15, 0.2) is 5.65 Å². The smallest absolute Gasteiger partial charge is 0.154 e. The minimum absolute atomic E-state index is 0.158. The van der Waals surface area contributed by atoms with E-state index in [0.717, 1.165) is 65.2 Å². The van der Waals surface area contributed by atoms with Crippen LogP contribution in [0, 0.1) is 0 Å². The highest BCUT2D eigenvalue weighted by atomic mass is 16.5. The van der Waals surface area contributed by atoms with Gasteiger partial charge < -0.3 is 19.7 Å². The molecule has 4 aromatic rings. The van der Waals surface area contributed by atoms with E-state index in [9.17, 15) is 5.11 Å². The van der Waals surface area contributed by atoms with Crippen LogP contribution in [0.3, 0.4) is 0 Å². The number of hydrogen-bond acceptors (Lipinski definition) is 5. The lowest BCUT2D eigenvalue weighted by molar-refractivity contribution is 0.126. The molecule has 150 valence electrons. The van der Waals surface area contributed by atoms with Crippen LogP contribution in [0.25, 0.3) is 27.9 Å². The molecule has 0 unspecified atom stereocenters. The van der Waals surface area contributed by atoms with Gasteiger partial charge in [0.2, 0.25) is 0 Å². The van der Waals surface area contributed by atoms with Crippen LogP contribution in [0.5, 0.6) is 5.75 Å². The van der Waals surface area contributed by atoms with Gasteiger partial charge in [-0.15, -0.1) is 5.10 Å². The SMILES string of the molecule is COc1ccc2c(c1)cc(-c1cnc3ccc(N[C@H]4CC[C@H](O)CC4)nn13)n2C. The Labute approximate surface area is 168 Å². The van der Waals surface area contributed by atoms with Crippen LogP contribution in [0.2, 0.25) is 0 Å². The van der Waals surface area contributed by atoms with E-state index < -0.39 is 0 Å². The van der Waals surface area contributed by atoms with E-state index in [4.69, 9.17) is 9.84 Å². The van der Waals surface area contributed by atoms with Crippen LogP contribution in [0.4, 0.5) is 5.82 Å². The number of aryl methyl sites for hydroxylation is 1. The maximum Gasteiger partial charge on any atom is 0.154 e. The first-order chi connectivity index (χ1) is 14.1. The molecule has 1 fully saturated rings. The number of aromatic nitrogens is 4. The number of aliphatic hydroxyl groups is 1. The van der Waals surface area contributed by atoms with Gasteiger partial charge in [-0.3, -0.25) is 0 Å². The van der Waals surface area contributed by atoms with E-state index >= 15 is 0 Å². The van der Waals surface area contributed by atoms with Gasteiger partial charge in [-0.1, -0.05) is 0 Å². The van der Waals surface area contributed by atoms with Crippen LogP contribution in [0.1, 0.15) is 25.7 Å². The quantitative estimate of drug-likeness (QED) is 0.556. The van der Waals surface area contributed by atoms with Crippen LogP contribution < -0.4 is 10.1 Å². The van der Waals surface area contributed by atoms with Crippen molar-refractivity contribution >= 4 is 22.4 Å². The second-order valence-electron chi connectivity index (χ2n) is 7.80. The third kappa shape index (κ3) is 3.21. The molecule has 1 aliphatic rings. The van der Waals surface area contributed by atoms with Crippen molar-refractivity contribution in [3.63, 3.8) is 0 Å². The standard InChI is InChI=1S/C22H25N5O2/c1-26-18-8-7-17(29-2)11-14(18)12-19(26)20-13-23-22-10-9-21(25-27(20)22)24-15-3-5-16(28)6-4-15/h7-13,15-16,28H,3-6H2,1-2H3,(H,24,25)/t15-,16-. The van der Waals surface area contributed by atoms with Gasteiger partial charge in [0.05, 0.1) is 25.1 Å². The number of nitrogens with one attached hydrogen (secondary N) is 1. The van der Waals surface area contributed by atoms with Gasteiger partial charge in [-0.05, 0) is 62.1 Å². The summed E-state index contributed by atoms with van der Waals surface area (Å²) < 4.78 is 9.41. The van der Waals surface area contributed by atoms with Crippen molar-refractivity contribution in [2.24, 2.45) is 7.05 Å². The third-order valence-corrected chi connectivity index (χ3v) is 5.92. The molecule has 1 aromatic carbocycles. The number of ether oxygens (including phenoxy) is 1. The average molecular weight is 391 g/mol. The third-order valence-electron chi connectivity index (χ3n) is 5.92. The Kier molecular flexibility index (Phi) is 4.39. The lowest BCUT2D eigenvalue weighted by Gasteiger charge is -2.26. The highest BCUT2D eigenvalue weighted by molar-refractivity contribution is 5.87. The monoisotopic (exact) mass is 391 g/mol. The number of fused-ring (bicyclic) bond motifs is 2. The van der Waals surface area contributed by atoms with Crippen LogP contribution >= 0.6 is 0 Å². The molecule has 3 heterocycles. The molecule has 1 saturated carbocycles. The number of methoxy groups -OCH3 is 1. The Morgan fingerprint density at radius 3 is 2.69 bits per heavy atom. The normalized spacial score (nSPS) is 19.7. The molecule has 0 saturated heterocycles. The summed E-state index contributed by atoms with van der Waals surface area (Å²) in [5.74, 6) is 1.67. The Balaban J connectivity index is 1.52. The van der Waals surface area contributed by atoms with Crippen LogP contribution in [-0.2, 0) is 7.05 Å². The van der Waals surface area contributed by atoms with Crippen molar-refractivity contribution in [3.05, 3.63) is 42.6 Å². The fourth-order valence-electron chi connectivity index (χ4n) is 4.25. The maximum absolute atomic E-state index is 9.72. The van der Waals surface area contributed by atoms with E-state index in [0.29, 0.717) is 6.04 Å². The topological polar surface area (TPSA) is 76.6 Å². The van der Waals surface area contributed by atoms with Crippen molar-refractivity contribution < 1.29 is 9.84 Å². The van der Waals surface area contributed by atoms with Crippen molar-refractivity contribution in [2.75, 3.05) is 12.4 Å². The zero-order chi connectivity index (χ0) is 20.0. The molecule has 7 nitrogen and oxygen atoms in total. The van der Waals surface area contributed by atoms with Crippen molar-refractivity contribution in [1.29, 1.82) is 0 Å². The molecule has 2 N–H and O–H groups in total. The number of imidazole rings is 1. The Morgan fingerprint density at radius 1 is 1.07 bits per heavy atom. The first-order valence-corrected chi connectivity index (χ1v) is 10.1. The van der Waals surface area contributed by atoms with Crippen molar-refractivity contribution in [3.8, 4) is 17.1 Å². The predicted octanol–water partition coefficient (Wildman–Crippen LogP) is 3.61. The molecular formula is C22H25N5O2. The fraction of sp³-hybridized carbons (Fsp3) is 0.364. The van der Waals surface area contributed by atoms with Crippen LogP contribution in [-0.4, -0.2) is 43.5 Å². The zero-order valence-electron chi connectivity index (χ0n) is 16.7. The van der Waals surface area contributed by atoms with Gasteiger partial charge in [0.25, 0.3) is 0 Å². The second kappa shape index (κ2) is 7.08. The van der Waals surface area contributed by atoms with E-state index in [1.165, 1.54) is 0 Å². The van der Waals surface area contributed by atoms with Gasteiger partial charge in [0.1, 0.15) is 17.3 Å². The number of rotatable bonds is 4. The summed E-state index contributed by atoms with van der Waals surface area (Å²) in [7, 11) is 3.74. The predicted molar refractivity (Wildman–Crippen MR) is 113 cm³/mol. The van der Waals surface area contributed by atoms with E-state index in [2.05, 4.69) is 34.0 Å². The number of hydrogen-bond donors (Lipinski definition) is 2. The molecule has 5 rings (SSSR count). The van der Waals surface area contributed by atoms with Gasteiger partial charge in [0, 0.05) is 24.0 Å². The Bertz CT molecular complexity index is 1170. The Hall–Kier alpha value is -3.06. The summed E-state index contributed by atoms with van der Waals surface area (Å²) in [4.78, 5) is 4.54. The van der Waals surface area contributed by atoms with E-state index in [-0.39, 0.29) is 6.10 Å². The highest BCUT2D eigenvalue weighted by Crippen LogP contribution is 2.30. The van der Waals surface area contributed by atoms with E-state index in [1.54, 1.807) is 7.11 Å². The number of nitrogens with zero attached hydrogens (tertiary/aromatic N) is 4. The van der Waals surface area contributed by atoms with Gasteiger partial charge in [-0.2, -0.15) is 0 Å². The van der Waals surface area contributed by atoms with E-state index in [1.807, 2.05) is 35.0 Å². The Morgan fingerprint density at radius 2 is 1.90 bits per heavy atom. The summed E-state index contributed by atoms with van der Waals surface area (Å²) >= 11 is 0. The first kappa shape index (κ1) is 18.0. The molecule has 3 aromatic heterocycles. The lowest BCUT2D eigenvalue weighted by atomic mass is 9.93. The zero-order valence-corrected chi connectivity index (χ0v) is 16.7. The lowest BCUT2D eigenvalue weighted by Crippen LogP contribution is -2.28. The summed E-state index contributed by atoms with van der Waals surface area (Å²) in [5.41, 5.74) is 3.94. The van der Waals surface area contributed by atoms with Crippen molar-refractivity contribution in [1.82, 2.24) is 19.2 Å². The van der Waals surface area contributed by atoms with Crippen LogP contribution in [0.15, 0.2) is 42.6 Å². The molecule has 0 bridgehead atoms. The summed E-state index contributed by atoms with van der Waals surface area (Å²) in [6, 6.07) is 12.5. The molecule has 29 heavy (non-hydrogen) atoms. The summed E-state index contributed by atoms with van der Waals surface area (Å²) in [6.45, 7) is 0. The largest absolute Gasteiger partial charge is 0.497 e. The number of anilines is 1. The van der Waals surface area contributed by atoms with Gasteiger partial charge in [-0.25, -0.2) is 9.50 Å². The number of benzene rings is 1. The maximum atomic E-state index is 9.72. The molecule has 0 aliphatic heterocycles. The summed E-state index contributed by atoms with van der Waals surface area (Å²) in [6.07, 6.45) is 5.32. The second-order valence-corrected chi connectivity index (χ2v) is 7.80. The summed E-state index contributed by atoms with van der Waals surface area (Å²) in [5, 5.41) is 19.2. The highest BCUT2D eigenvalue weighted by Gasteiger charge is 2.20. The number of aliphatic hydroxyl groups excluding tert-OH is 1. The molecule has 0 amide bonds. The molecule has 0 radical (unpaired) electrons. The molecule has 0 atom stereocenters. The fourth-order valence-corrected chi connectivity index (χ4v) is 4.25. The minimum Gasteiger partial charge on any atom is -0.497 e. The minimum atomic E-state index is -0.158. The molecule has 0 spiro atoms. The van der Waals surface area contributed by atoms with Crippen molar-refractivity contribution in [2.45, 2.75) is 37.8 Å². The molecular weight excluding hydrogens is 366 g/mol. The average Bonchev–Trinajstić information content (AvgIpc) is 3.30.